The van der Waals surface area contributed by atoms with Crippen LogP contribution < -0.4 is 0 Å². The van der Waals surface area contributed by atoms with Gasteiger partial charge >= 0.3 is 5.97 Å². The monoisotopic (exact) mass is 333 g/mol. The maximum Gasteiger partial charge on any atom is 0.308 e. The van der Waals surface area contributed by atoms with Crippen molar-refractivity contribution in [1.82, 2.24) is 4.31 Å². The van der Waals surface area contributed by atoms with Gasteiger partial charge in [-0.05, 0) is 42.7 Å². The van der Waals surface area contributed by atoms with Crippen molar-refractivity contribution in [2.24, 2.45) is 5.92 Å². The molecule has 2 atom stereocenters. The highest BCUT2D eigenvalue weighted by Gasteiger charge is 2.39. The van der Waals surface area contributed by atoms with E-state index in [1.54, 1.807) is 25.1 Å². The average molecular weight is 333 g/mol. The van der Waals surface area contributed by atoms with Crippen LogP contribution >= 0.6 is 0 Å². The molecule has 1 aliphatic heterocycles. The van der Waals surface area contributed by atoms with Crippen LogP contribution in [0.25, 0.3) is 10.8 Å². The molecule has 0 aromatic heterocycles. The summed E-state index contributed by atoms with van der Waals surface area (Å²) in [6.45, 7) is 2.04. The fourth-order valence-electron chi connectivity index (χ4n) is 3.24. The fraction of sp³-hybridized carbons (Fsp3) is 0.353. The molecule has 5 nitrogen and oxygen atoms in total. The van der Waals surface area contributed by atoms with Gasteiger partial charge < -0.3 is 5.11 Å². The first-order chi connectivity index (χ1) is 10.9. The maximum absolute atomic E-state index is 12.9. The lowest BCUT2D eigenvalue weighted by molar-refractivity contribution is -0.144. The largest absolute Gasteiger partial charge is 0.481 e. The van der Waals surface area contributed by atoms with Crippen LogP contribution in [0.1, 0.15) is 19.8 Å². The summed E-state index contributed by atoms with van der Waals surface area (Å²) in [7, 11) is -3.70. The summed E-state index contributed by atoms with van der Waals surface area (Å²) in [6, 6.07) is 12.0. The third-order valence-electron chi connectivity index (χ3n) is 4.57. The minimum atomic E-state index is -3.70. The SMILES string of the molecule is C[C@@H]1[C@H](C(=O)O)CCCN1S(=O)(=O)c1ccc2ccccc2c1. The van der Waals surface area contributed by atoms with E-state index in [-0.39, 0.29) is 4.90 Å². The summed E-state index contributed by atoms with van der Waals surface area (Å²) in [5.74, 6) is -1.59. The van der Waals surface area contributed by atoms with E-state index in [1.165, 1.54) is 4.31 Å². The second-order valence-corrected chi connectivity index (χ2v) is 7.84. The molecule has 0 bridgehead atoms. The minimum absolute atomic E-state index is 0.217. The second kappa shape index (κ2) is 5.94. The average Bonchev–Trinajstić information content (AvgIpc) is 2.54. The smallest absolute Gasteiger partial charge is 0.308 e. The topological polar surface area (TPSA) is 74.7 Å². The van der Waals surface area contributed by atoms with E-state index in [0.717, 1.165) is 10.8 Å². The number of fused-ring (bicyclic) bond motifs is 1. The molecule has 1 N–H and O–H groups in total. The van der Waals surface area contributed by atoms with Crippen molar-refractivity contribution in [3.8, 4) is 0 Å². The van der Waals surface area contributed by atoms with E-state index in [0.29, 0.717) is 19.4 Å². The number of hydrogen-bond acceptors (Lipinski definition) is 3. The highest BCUT2D eigenvalue weighted by molar-refractivity contribution is 7.89. The summed E-state index contributed by atoms with van der Waals surface area (Å²) in [5.41, 5.74) is 0. The molecule has 0 amide bonds. The van der Waals surface area contributed by atoms with Crippen LogP contribution in [0.4, 0.5) is 0 Å². The molecule has 0 radical (unpaired) electrons. The quantitative estimate of drug-likeness (QED) is 0.937. The maximum atomic E-state index is 12.9. The number of carboxylic acid groups (broad SMARTS) is 1. The summed E-state index contributed by atoms with van der Waals surface area (Å²) in [5, 5.41) is 11.1. The molecule has 2 aromatic rings. The zero-order chi connectivity index (χ0) is 16.6. The van der Waals surface area contributed by atoms with Crippen molar-refractivity contribution < 1.29 is 18.3 Å². The number of hydrogen-bond donors (Lipinski definition) is 1. The molecule has 122 valence electrons. The van der Waals surface area contributed by atoms with Crippen LogP contribution in [0.2, 0.25) is 0 Å². The van der Waals surface area contributed by atoms with Crippen LogP contribution in [0.15, 0.2) is 47.4 Å². The molecule has 0 saturated carbocycles. The fourth-order valence-corrected chi connectivity index (χ4v) is 4.99. The molecule has 23 heavy (non-hydrogen) atoms. The predicted octanol–water partition coefficient (Wildman–Crippen LogP) is 2.71. The summed E-state index contributed by atoms with van der Waals surface area (Å²) in [4.78, 5) is 11.5. The first kappa shape index (κ1) is 16.0. The van der Waals surface area contributed by atoms with Crippen LogP contribution in [0, 0.1) is 5.92 Å². The second-order valence-electron chi connectivity index (χ2n) is 5.95. The Morgan fingerprint density at radius 1 is 1.17 bits per heavy atom. The number of benzene rings is 2. The molecule has 1 aliphatic rings. The van der Waals surface area contributed by atoms with Gasteiger partial charge in [0.25, 0.3) is 0 Å². The van der Waals surface area contributed by atoms with Gasteiger partial charge in [-0.3, -0.25) is 4.79 Å². The summed E-state index contributed by atoms with van der Waals surface area (Å²) in [6.07, 6.45) is 1.08. The lowest BCUT2D eigenvalue weighted by atomic mass is 9.92. The van der Waals surface area contributed by atoms with Gasteiger partial charge in [0, 0.05) is 12.6 Å². The Balaban J connectivity index is 2.00. The Labute approximate surface area is 135 Å². The highest BCUT2D eigenvalue weighted by atomic mass is 32.2. The highest BCUT2D eigenvalue weighted by Crippen LogP contribution is 2.30. The first-order valence-corrected chi connectivity index (χ1v) is 9.09. The molecule has 0 aliphatic carbocycles. The van der Waals surface area contributed by atoms with E-state index < -0.39 is 28.0 Å². The van der Waals surface area contributed by atoms with Gasteiger partial charge in [-0.1, -0.05) is 30.3 Å². The van der Waals surface area contributed by atoms with Gasteiger partial charge in [0.2, 0.25) is 10.0 Å². The molecule has 3 rings (SSSR count). The summed E-state index contributed by atoms with van der Waals surface area (Å²) < 4.78 is 27.2. The minimum Gasteiger partial charge on any atom is -0.481 e. The number of sulfonamides is 1. The number of aliphatic carboxylic acids is 1. The van der Waals surface area contributed by atoms with Gasteiger partial charge in [-0.2, -0.15) is 4.31 Å². The van der Waals surface area contributed by atoms with E-state index in [4.69, 9.17) is 0 Å². The molecule has 2 aromatic carbocycles. The molecular weight excluding hydrogens is 314 g/mol. The van der Waals surface area contributed by atoms with E-state index in [1.807, 2.05) is 24.3 Å². The van der Waals surface area contributed by atoms with Gasteiger partial charge in [0.1, 0.15) is 0 Å². The molecule has 6 heteroatoms. The third-order valence-corrected chi connectivity index (χ3v) is 6.56. The van der Waals surface area contributed by atoms with Crippen LogP contribution in [-0.2, 0) is 14.8 Å². The van der Waals surface area contributed by atoms with Gasteiger partial charge in [-0.15, -0.1) is 0 Å². The number of rotatable bonds is 3. The molecule has 1 heterocycles. The van der Waals surface area contributed by atoms with E-state index in [9.17, 15) is 18.3 Å². The number of carboxylic acids is 1. The molecular formula is C17H19NO4S. The van der Waals surface area contributed by atoms with Crippen LogP contribution in [0.5, 0.6) is 0 Å². The van der Waals surface area contributed by atoms with Gasteiger partial charge in [0.05, 0.1) is 10.8 Å². The Morgan fingerprint density at radius 2 is 1.87 bits per heavy atom. The molecule has 0 spiro atoms. The first-order valence-electron chi connectivity index (χ1n) is 7.65. The van der Waals surface area contributed by atoms with Crippen molar-refractivity contribution in [2.75, 3.05) is 6.54 Å². The standard InChI is InChI=1S/C17H19NO4S/c1-12-16(17(19)20)7-4-10-18(12)23(21,22)15-9-8-13-5-2-3-6-14(13)11-15/h2-3,5-6,8-9,11-12,16H,4,7,10H2,1H3,(H,19,20)/t12-,16-/m1/s1. The van der Waals surface area contributed by atoms with Crippen molar-refractivity contribution >= 4 is 26.8 Å². The van der Waals surface area contributed by atoms with E-state index in [2.05, 4.69) is 0 Å². The van der Waals surface area contributed by atoms with Crippen molar-refractivity contribution in [2.45, 2.75) is 30.7 Å². The number of carbonyl (C=O) groups is 1. The third kappa shape index (κ3) is 2.84. The molecule has 1 fully saturated rings. The van der Waals surface area contributed by atoms with Crippen molar-refractivity contribution in [1.29, 1.82) is 0 Å². The Bertz CT molecular complexity index is 847. The Hall–Kier alpha value is -1.92. The number of nitrogens with zero attached hydrogens (tertiary/aromatic N) is 1. The van der Waals surface area contributed by atoms with Gasteiger partial charge in [0.15, 0.2) is 0 Å². The van der Waals surface area contributed by atoms with Crippen molar-refractivity contribution in [3.63, 3.8) is 0 Å². The molecule has 0 unspecified atom stereocenters. The van der Waals surface area contributed by atoms with E-state index >= 15 is 0 Å². The Morgan fingerprint density at radius 3 is 2.57 bits per heavy atom. The van der Waals surface area contributed by atoms with Crippen LogP contribution in [0.3, 0.4) is 0 Å². The van der Waals surface area contributed by atoms with Crippen LogP contribution in [-0.4, -0.2) is 36.4 Å². The lowest BCUT2D eigenvalue weighted by Gasteiger charge is -2.36. The molecule has 1 saturated heterocycles. The van der Waals surface area contributed by atoms with Gasteiger partial charge in [-0.25, -0.2) is 8.42 Å². The number of piperidine rings is 1. The normalized spacial score (nSPS) is 23.0. The summed E-state index contributed by atoms with van der Waals surface area (Å²) >= 11 is 0. The zero-order valence-corrected chi connectivity index (χ0v) is 13.7. The Kier molecular flexibility index (Phi) is 4.12. The predicted molar refractivity (Wildman–Crippen MR) is 87.7 cm³/mol. The lowest BCUT2D eigenvalue weighted by Crippen LogP contribution is -2.48. The van der Waals surface area contributed by atoms with Crippen molar-refractivity contribution in [3.05, 3.63) is 42.5 Å². The zero-order valence-electron chi connectivity index (χ0n) is 12.8.